The first kappa shape index (κ1) is 10.9. The van der Waals surface area contributed by atoms with Crippen LogP contribution in [0.5, 0.6) is 0 Å². The van der Waals surface area contributed by atoms with E-state index in [0.29, 0.717) is 0 Å². The van der Waals surface area contributed by atoms with Crippen LogP contribution in [-0.4, -0.2) is 44.0 Å². The van der Waals surface area contributed by atoms with Crippen LogP contribution in [0.1, 0.15) is 0 Å². The fraction of sp³-hybridized carbons (Fsp3) is 0.667. The highest BCUT2D eigenvalue weighted by atomic mass is 32.2. The number of hydrogen-bond donors (Lipinski definition) is 2. The standard InChI is InChI=1S/C6H11N3O4S/c7-6(11)4-1-9(2-4)5(10)3-14(8,12)13/h4H,1-3H2,(H2,7,11)(H2,8,12,13). The molecular weight excluding hydrogens is 210 g/mol. The van der Waals surface area contributed by atoms with Crippen LogP contribution in [0.25, 0.3) is 0 Å². The van der Waals surface area contributed by atoms with Crippen molar-refractivity contribution in [2.45, 2.75) is 0 Å². The second kappa shape index (κ2) is 3.54. The number of nitrogens with zero attached hydrogens (tertiary/aromatic N) is 1. The lowest BCUT2D eigenvalue weighted by Crippen LogP contribution is -2.56. The Morgan fingerprint density at radius 1 is 1.36 bits per heavy atom. The van der Waals surface area contributed by atoms with Crippen LogP contribution in [0, 0.1) is 5.92 Å². The summed E-state index contributed by atoms with van der Waals surface area (Å²) in [6, 6.07) is 0. The average Bonchev–Trinajstić information content (AvgIpc) is 1.75. The summed E-state index contributed by atoms with van der Waals surface area (Å²) < 4.78 is 21.1. The highest BCUT2D eigenvalue weighted by Crippen LogP contribution is 2.14. The second-order valence-corrected chi connectivity index (χ2v) is 4.82. The van der Waals surface area contributed by atoms with Gasteiger partial charge in [-0.15, -0.1) is 0 Å². The van der Waals surface area contributed by atoms with Gasteiger partial charge in [0.25, 0.3) is 0 Å². The van der Waals surface area contributed by atoms with Crippen molar-refractivity contribution in [2.75, 3.05) is 18.8 Å². The summed E-state index contributed by atoms with van der Waals surface area (Å²) in [4.78, 5) is 22.9. The maximum atomic E-state index is 11.1. The van der Waals surface area contributed by atoms with Gasteiger partial charge in [0.05, 0.1) is 5.92 Å². The molecule has 80 valence electrons. The Balaban J connectivity index is 2.41. The van der Waals surface area contributed by atoms with Crippen LogP contribution in [0.15, 0.2) is 0 Å². The van der Waals surface area contributed by atoms with Crippen LogP contribution in [0.3, 0.4) is 0 Å². The maximum Gasteiger partial charge on any atom is 0.239 e. The van der Waals surface area contributed by atoms with E-state index in [9.17, 15) is 18.0 Å². The number of likely N-dealkylation sites (tertiary alicyclic amines) is 1. The molecule has 1 heterocycles. The summed E-state index contributed by atoms with van der Waals surface area (Å²) in [6.07, 6.45) is 0. The third kappa shape index (κ3) is 2.67. The number of carbonyl (C=O) groups is 2. The van der Waals surface area contributed by atoms with Gasteiger partial charge in [-0.05, 0) is 0 Å². The Kier molecular flexibility index (Phi) is 2.76. The molecule has 0 atom stereocenters. The van der Waals surface area contributed by atoms with Crippen molar-refractivity contribution in [3.63, 3.8) is 0 Å². The molecule has 1 fully saturated rings. The summed E-state index contributed by atoms with van der Waals surface area (Å²) in [6.45, 7) is 0.368. The number of primary sulfonamides is 1. The van der Waals surface area contributed by atoms with Crippen molar-refractivity contribution in [1.82, 2.24) is 4.90 Å². The van der Waals surface area contributed by atoms with Gasteiger partial charge >= 0.3 is 0 Å². The molecule has 1 aliphatic rings. The molecule has 0 unspecified atom stereocenters. The molecule has 1 rings (SSSR count). The number of primary amides is 1. The molecule has 0 aromatic heterocycles. The lowest BCUT2D eigenvalue weighted by Gasteiger charge is -2.37. The smallest absolute Gasteiger partial charge is 0.239 e. The number of amides is 2. The zero-order valence-electron chi connectivity index (χ0n) is 7.34. The van der Waals surface area contributed by atoms with E-state index in [0.717, 1.165) is 0 Å². The van der Waals surface area contributed by atoms with Gasteiger partial charge in [-0.25, -0.2) is 13.6 Å². The number of rotatable bonds is 3. The first-order chi connectivity index (χ1) is 6.29. The number of carbonyl (C=O) groups excluding carboxylic acids is 2. The van der Waals surface area contributed by atoms with E-state index in [1.165, 1.54) is 4.90 Å². The minimum atomic E-state index is -3.79. The lowest BCUT2D eigenvalue weighted by atomic mass is 10.00. The molecule has 8 heteroatoms. The SMILES string of the molecule is NC(=O)C1CN(C(=O)CS(N)(=O)=O)C1. The van der Waals surface area contributed by atoms with Gasteiger partial charge < -0.3 is 10.6 Å². The Morgan fingerprint density at radius 3 is 2.21 bits per heavy atom. The number of hydrogen-bond acceptors (Lipinski definition) is 4. The summed E-state index contributed by atoms with van der Waals surface area (Å²) >= 11 is 0. The summed E-state index contributed by atoms with van der Waals surface area (Å²) in [7, 11) is -3.79. The van der Waals surface area contributed by atoms with Crippen LogP contribution >= 0.6 is 0 Å². The van der Waals surface area contributed by atoms with Gasteiger partial charge in [0.1, 0.15) is 5.75 Å². The molecule has 0 bridgehead atoms. The first-order valence-electron chi connectivity index (χ1n) is 3.87. The predicted molar refractivity (Wildman–Crippen MR) is 47.2 cm³/mol. The Bertz CT molecular complexity index is 357. The van der Waals surface area contributed by atoms with E-state index in [-0.39, 0.29) is 19.0 Å². The first-order valence-corrected chi connectivity index (χ1v) is 5.58. The highest BCUT2D eigenvalue weighted by Gasteiger charge is 2.35. The van der Waals surface area contributed by atoms with Crippen molar-refractivity contribution in [1.29, 1.82) is 0 Å². The number of sulfonamides is 1. The molecular formula is C6H11N3O4S. The minimum Gasteiger partial charge on any atom is -0.369 e. The topological polar surface area (TPSA) is 124 Å². The summed E-state index contributed by atoms with van der Waals surface area (Å²) in [5, 5.41) is 4.68. The summed E-state index contributed by atoms with van der Waals surface area (Å²) in [5.74, 6) is -2.16. The average molecular weight is 221 g/mol. The van der Waals surface area contributed by atoms with Crippen molar-refractivity contribution in [3.05, 3.63) is 0 Å². The summed E-state index contributed by atoms with van der Waals surface area (Å²) in [5.41, 5.74) is 4.97. The Hall–Kier alpha value is -1.15. The second-order valence-electron chi connectivity index (χ2n) is 3.21. The van der Waals surface area contributed by atoms with Crippen LogP contribution in [0.4, 0.5) is 0 Å². The van der Waals surface area contributed by atoms with E-state index >= 15 is 0 Å². The van der Waals surface area contributed by atoms with Gasteiger partial charge in [-0.1, -0.05) is 0 Å². The van der Waals surface area contributed by atoms with Crippen LogP contribution in [0.2, 0.25) is 0 Å². The molecule has 2 amide bonds. The normalized spacial score (nSPS) is 17.6. The molecule has 4 N–H and O–H groups in total. The highest BCUT2D eigenvalue weighted by molar-refractivity contribution is 7.89. The van der Waals surface area contributed by atoms with Crippen molar-refractivity contribution in [2.24, 2.45) is 16.8 Å². The van der Waals surface area contributed by atoms with E-state index in [4.69, 9.17) is 5.73 Å². The van der Waals surface area contributed by atoms with Crippen LogP contribution in [-0.2, 0) is 19.6 Å². The largest absolute Gasteiger partial charge is 0.369 e. The Labute approximate surface area is 81.1 Å². The number of nitrogens with two attached hydrogens (primary N) is 2. The van der Waals surface area contributed by atoms with E-state index in [1.54, 1.807) is 0 Å². The maximum absolute atomic E-state index is 11.1. The molecule has 0 spiro atoms. The minimum absolute atomic E-state index is 0.184. The molecule has 0 aliphatic carbocycles. The van der Waals surface area contributed by atoms with E-state index in [2.05, 4.69) is 5.14 Å². The van der Waals surface area contributed by atoms with Gasteiger partial charge in [-0.2, -0.15) is 0 Å². The third-order valence-electron chi connectivity index (χ3n) is 1.96. The molecule has 1 saturated heterocycles. The van der Waals surface area contributed by atoms with Gasteiger partial charge in [0.15, 0.2) is 0 Å². The zero-order chi connectivity index (χ0) is 10.9. The fourth-order valence-corrected chi connectivity index (χ4v) is 1.65. The van der Waals surface area contributed by atoms with Gasteiger partial charge in [0, 0.05) is 13.1 Å². The monoisotopic (exact) mass is 221 g/mol. The van der Waals surface area contributed by atoms with Gasteiger partial charge in [0.2, 0.25) is 21.8 Å². The predicted octanol–water partition coefficient (Wildman–Crippen LogP) is -2.78. The fourth-order valence-electron chi connectivity index (χ4n) is 1.13. The van der Waals surface area contributed by atoms with Crippen molar-refractivity contribution < 1.29 is 18.0 Å². The van der Waals surface area contributed by atoms with Crippen LogP contribution < -0.4 is 10.9 Å². The molecule has 1 aliphatic heterocycles. The van der Waals surface area contributed by atoms with E-state index in [1.807, 2.05) is 0 Å². The lowest BCUT2D eigenvalue weighted by molar-refractivity contribution is -0.139. The molecule has 14 heavy (non-hydrogen) atoms. The molecule has 0 aromatic rings. The molecule has 0 aromatic carbocycles. The quantitative estimate of drug-likeness (QED) is 0.534. The molecule has 0 saturated carbocycles. The van der Waals surface area contributed by atoms with Gasteiger partial charge in [-0.3, -0.25) is 9.59 Å². The molecule has 0 radical (unpaired) electrons. The van der Waals surface area contributed by atoms with E-state index < -0.39 is 27.6 Å². The Morgan fingerprint density at radius 2 is 1.86 bits per heavy atom. The van der Waals surface area contributed by atoms with Crippen molar-refractivity contribution in [3.8, 4) is 0 Å². The molecule has 7 nitrogen and oxygen atoms in total. The van der Waals surface area contributed by atoms with Crippen molar-refractivity contribution >= 4 is 21.8 Å². The third-order valence-corrected chi connectivity index (χ3v) is 2.61. The zero-order valence-corrected chi connectivity index (χ0v) is 8.16.